The molecule has 0 amide bonds. The van der Waals surface area contributed by atoms with Crippen LogP contribution in [0.3, 0.4) is 0 Å². The van der Waals surface area contributed by atoms with Gasteiger partial charge in [0.05, 0.1) is 4.70 Å². The second kappa shape index (κ2) is 3.74. The average Bonchev–Trinajstić information content (AvgIpc) is 2.51. The number of rotatable bonds is 1. The number of halogens is 2. The molecule has 0 bridgehead atoms. The lowest BCUT2D eigenvalue weighted by molar-refractivity contribution is 0.641. The Labute approximate surface area is 97.7 Å². The maximum atomic E-state index is 13.3. The van der Waals surface area contributed by atoms with Gasteiger partial charge in [-0.05, 0) is 41.0 Å². The summed E-state index contributed by atoms with van der Waals surface area (Å²) in [4.78, 5) is 1.15. The van der Waals surface area contributed by atoms with Crippen LogP contribution >= 0.6 is 45.7 Å². The van der Waals surface area contributed by atoms with E-state index in [4.69, 9.17) is 0 Å². The number of thioether (sulfide) groups is 1. The smallest absolute Gasteiger partial charge is 0.141 e. The van der Waals surface area contributed by atoms with E-state index in [-0.39, 0.29) is 5.82 Å². The first-order valence-electron chi connectivity index (χ1n) is 3.63. The van der Waals surface area contributed by atoms with E-state index in [0.29, 0.717) is 0 Å². The third-order valence-electron chi connectivity index (χ3n) is 1.81. The average molecular weight is 324 g/mol. The SMILES string of the molecule is CSc1ccc(F)c2scc(I)c12. The summed E-state index contributed by atoms with van der Waals surface area (Å²) in [5, 5.41) is 3.06. The van der Waals surface area contributed by atoms with Crippen molar-refractivity contribution in [1.29, 1.82) is 0 Å². The van der Waals surface area contributed by atoms with Crippen LogP contribution in [0.4, 0.5) is 4.39 Å². The summed E-state index contributed by atoms with van der Waals surface area (Å²) in [7, 11) is 0. The summed E-state index contributed by atoms with van der Waals surface area (Å²) in [6, 6.07) is 3.39. The summed E-state index contributed by atoms with van der Waals surface area (Å²) in [6.07, 6.45) is 2.01. The molecule has 0 aliphatic rings. The van der Waals surface area contributed by atoms with E-state index in [0.717, 1.165) is 18.6 Å². The van der Waals surface area contributed by atoms with Crippen LogP contribution in [0.1, 0.15) is 0 Å². The Bertz CT molecular complexity index is 450. The minimum Gasteiger partial charge on any atom is -0.205 e. The van der Waals surface area contributed by atoms with Gasteiger partial charge in [-0.1, -0.05) is 0 Å². The highest BCUT2D eigenvalue weighted by molar-refractivity contribution is 14.1. The van der Waals surface area contributed by atoms with Crippen LogP contribution in [0.5, 0.6) is 0 Å². The van der Waals surface area contributed by atoms with Gasteiger partial charge in [-0.3, -0.25) is 0 Å². The predicted molar refractivity (Wildman–Crippen MR) is 66.3 cm³/mol. The number of benzene rings is 1. The number of thiophene rings is 1. The van der Waals surface area contributed by atoms with E-state index >= 15 is 0 Å². The zero-order valence-corrected chi connectivity index (χ0v) is 10.6. The quantitative estimate of drug-likeness (QED) is 0.555. The molecule has 4 heteroatoms. The third-order valence-corrected chi connectivity index (χ3v) is 4.85. The van der Waals surface area contributed by atoms with Gasteiger partial charge in [-0.2, -0.15) is 0 Å². The fourth-order valence-corrected chi connectivity index (χ4v) is 4.07. The molecule has 1 heterocycles. The molecule has 68 valence electrons. The van der Waals surface area contributed by atoms with Crippen LogP contribution in [-0.2, 0) is 0 Å². The van der Waals surface area contributed by atoms with Gasteiger partial charge >= 0.3 is 0 Å². The number of hydrogen-bond acceptors (Lipinski definition) is 2. The molecule has 1 aromatic heterocycles. The zero-order valence-electron chi connectivity index (χ0n) is 6.80. The maximum Gasteiger partial charge on any atom is 0.141 e. The Morgan fingerprint density at radius 3 is 2.92 bits per heavy atom. The van der Waals surface area contributed by atoms with Gasteiger partial charge < -0.3 is 0 Å². The Balaban J connectivity index is 2.88. The lowest BCUT2D eigenvalue weighted by Gasteiger charge is -2.00. The third kappa shape index (κ3) is 1.59. The zero-order chi connectivity index (χ0) is 9.42. The second-order valence-corrected chi connectivity index (χ2v) is 5.43. The van der Waals surface area contributed by atoms with E-state index in [1.165, 1.54) is 11.3 Å². The molecule has 0 aliphatic carbocycles. The molecule has 1 aromatic carbocycles. The molecule has 0 aliphatic heterocycles. The van der Waals surface area contributed by atoms with Crippen LogP contribution in [0.15, 0.2) is 22.4 Å². The molecule has 0 atom stereocenters. The number of hydrogen-bond donors (Lipinski definition) is 0. The maximum absolute atomic E-state index is 13.3. The Morgan fingerprint density at radius 2 is 2.23 bits per heavy atom. The summed E-state index contributed by atoms with van der Waals surface area (Å²) >= 11 is 5.38. The van der Waals surface area contributed by atoms with E-state index in [1.807, 2.05) is 17.7 Å². The van der Waals surface area contributed by atoms with Crippen molar-refractivity contribution in [2.24, 2.45) is 0 Å². The molecule has 13 heavy (non-hydrogen) atoms. The fourth-order valence-electron chi connectivity index (χ4n) is 1.22. The van der Waals surface area contributed by atoms with Gasteiger partial charge in [0.25, 0.3) is 0 Å². The molecule has 0 unspecified atom stereocenters. The summed E-state index contributed by atoms with van der Waals surface area (Å²) in [6.45, 7) is 0. The van der Waals surface area contributed by atoms with Gasteiger partial charge in [0, 0.05) is 19.2 Å². The lowest BCUT2D eigenvalue weighted by atomic mass is 10.2. The van der Waals surface area contributed by atoms with Crippen molar-refractivity contribution in [3.63, 3.8) is 0 Å². The molecule has 0 spiro atoms. The first kappa shape index (κ1) is 9.73. The van der Waals surface area contributed by atoms with Gasteiger partial charge in [-0.25, -0.2) is 4.39 Å². The Kier molecular flexibility index (Phi) is 2.80. The van der Waals surface area contributed by atoms with Crippen LogP contribution in [0.25, 0.3) is 10.1 Å². The lowest BCUT2D eigenvalue weighted by Crippen LogP contribution is -1.78. The predicted octanol–water partition coefficient (Wildman–Crippen LogP) is 4.37. The molecule has 0 saturated heterocycles. The Morgan fingerprint density at radius 1 is 1.46 bits per heavy atom. The van der Waals surface area contributed by atoms with Crippen LogP contribution in [-0.4, -0.2) is 6.26 Å². The minimum atomic E-state index is -0.110. The molecule has 2 aromatic rings. The fraction of sp³-hybridized carbons (Fsp3) is 0.111. The standard InChI is InChI=1S/C9H6FIS2/c1-12-7-3-2-5(10)9-8(7)6(11)4-13-9/h2-4H,1H3. The van der Waals surface area contributed by atoms with E-state index < -0.39 is 0 Å². The normalized spacial score (nSPS) is 11.0. The van der Waals surface area contributed by atoms with Crippen molar-refractivity contribution < 1.29 is 4.39 Å². The van der Waals surface area contributed by atoms with E-state index in [2.05, 4.69) is 22.6 Å². The van der Waals surface area contributed by atoms with Gasteiger partial charge in [0.2, 0.25) is 0 Å². The molecule has 0 N–H and O–H groups in total. The van der Waals surface area contributed by atoms with Gasteiger partial charge in [0.1, 0.15) is 5.82 Å². The van der Waals surface area contributed by atoms with Gasteiger partial charge in [0.15, 0.2) is 0 Å². The molecule has 0 nitrogen and oxygen atoms in total. The van der Waals surface area contributed by atoms with Crippen molar-refractivity contribution in [2.75, 3.05) is 6.26 Å². The topological polar surface area (TPSA) is 0 Å². The molecular weight excluding hydrogens is 318 g/mol. The molecule has 0 fully saturated rings. The van der Waals surface area contributed by atoms with Crippen LogP contribution in [0, 0.1) is 9.39 Å². The van der Waals surface area contributed by atoms with Crippen molar-refractivity contribution in [3.05, 3.63) is 26.9 Å². The first-order valence-corrected chi connectivity index (χ1v) is 6.81. The molecule has 2 rings (SSSR count). The van der Waals surface area contributed by atoms with Gasteiger partial charge in [-0.15, -0.1) is 23.1 Å². The van der Waals surface area contributed by atoms with E-state index in [1.54, 1.807) is 17.8 Å². The summed E-state index contributed by atoms with van der Waals surface area (Å²) in [5.74, 6) is -0.110. The second-order valence-electron chi connectivity index (χ2n) is 2.54. The molecule has 0 radical (unpaired) electrons. The van der Waals surface area contributed by atoms with Crippen molar-refractivity contribution in [3.8, 4) is 0 Å². The minimum absolute atomic E-state index is 0.110. The van der Waals surface area contributed by atoms with Crippen LogP contribution < -0.4 is 0 Å². The molecule has 0 saturated carbocycles. The highest BCUT2D eigenvalue weighted by Crippen LogP contribution is 2.35. The summed E-state index contributed by atoms with van der Waals surface area (Å²) in [5.41, 5.74) is 0. The van der Waals surface area contributed by atoms with Crippen molar-refractivity contribution in [2.45, 2.75) is 4.90 Å². The van der Waals surface area contributed by atoms with Crippen molar-refractivity contribution >= 4 is 55.8 Å². The highest BCUT2D eigenvalue weighted by Gasteiger charge is 2.10. The van der Waals surface area contributed by atoms with Crippen LogP contribution in [0.2, 0.25) is 0 Å². The monoisotopic (exact) mass is 324 g/mol. The Hall–Kier alpha value is 0.190. The highest BCUT2D eigenvalue weighted by atomic mass is 127. The van der Waals surface area contributed by atoms with Crippen molar-refractivity contribution in [1.82, 2.24) is 0 Å². The largest absolute Gasteiger partial charge is 0.205 e. The molecular formula is C9H6FIS2. The number of fused-ring (bicyclic) bond motifs is 1. The first-order chi connectivity index (χ1) is 6.24. The summed E-state index contributed by atoms with van der Waals surface area (Å²) < 4.78 is 15.2. The van der Waals surface area contributed by atoms with E-state index in [9.17, 15) is 4.39 Å².